The molecule has 5 heteroatoms. The number of nitrogens with zero attached hydrogens (tertiary/aromatic N) is 3. The first-order valence-electron chi connectivity index (χ1n) is 10.3. The van der Waals surface area contributed by atoms with Crippen LogP contribution >= 0.6 is 0 Å². The van der Waals surface area contributed by atoms with Crippen LogP contribution in [0.1, 0.15) is 31.2 Å². The number of carbonyl (C=O) groups is 1. The number of hydrogen-bond donors (Lipinski definition) is 1. The van der Waals surface area contributed by atoms with Crippen LogP contribution in [0.2, 0.25) is 0 Å². The Hall–Kier alpha value is -2.24. The van der Waals surface area contributed by atoms with Gasteiger partial charge in [-0.3, -0.25) is 14.7 Å². The number of likely N-dealkylation sites (tertiary alicyclic amines) is 2. The van der Waals surface area contributed by atoms with E-state index in [2.05, 4.69) is 34.1 Å². The van der Waals surface area contributed by atoms with Gasteiger partial charge >= 0.3 is 0 Å². The lowest BCUT2D eigenvalue weighted by Crippen LogP contribution is -2.54. The van der Waals surface area contributed by atoms with Crippen LogP contribution in [0.5, 0.6) is 0 Å². The summed E-state index contributed by atoms with van der Waals surface area (Å²) in [5, 5.41) is 9.27. The predicted octanol–water partition coefficient (Wildman–Crippen LogP) is 2.95. The lowest BCUT2D eigenvalue weighted by Gasteiger charge is -2.48. The van der Waals surface area contributed by atoms with Gasteiger partial charge in [-0.05, 0) is 43.5 Å². The molecule has 2 aliphatic heterocycles. The minimum atomic E-state index is 0.0498. The Kier molecular flexibility index (Phi) is 5.74. The van der Waals surface area contributed by atoms with Crippen molar-refractivity contribution in [3.05, 3.63) is 54.2 Å². The number of pyridine rings is 1. The number of aliphatic hydroxyl groups excluding tert-OH is 1. The summed E-state index contributed by atoms with van der Waals surface area (Å²) in [6, 6.07) is 14.7. The van der Waals surface area contributed by atoms with Gasteiger partial charge in [0.2, 0.25) is 5.91 Å². The molecule has 28 heavy (non-hydrogen) atoms. The van der Waals surface area contributed by atoms with E-state index in [1.807, 2.05) is 29.3 Å². The topological polar surface area (TPSA) is 56.7 Å². The summed E-state index contributed by atoms with van der Waals surface area (Å²) >= 11 is 0. The molecule has 1 atom stereocenters. The fourth-order valence-electron chi connectivity index (χ4n) is 4.78. The molecule has 0 unspecified atom stereocenters. The number of aromatic nitrogens is 1. The van der Waals surface area contributed by atoms with Crippen LogP contribution in [0.3, 0.4) is 0 Å². The van der Waals surface area contributed by atoms with Gasteiger partial charge in [0.05, 0.1) is 12.3 Å². The molecule has 2 aromatic rings. The number of piperidine rings is 2. The Morgan fingerprint density at radius 2 is 1.93 bits per heavy atom. The second-order valence-corrected chi connectivity index (χ2v) is 8.27. The molecule has 1 N–H and O–H groups in total. The maximum absolute atomic E-state index is 12.1. The quantitative estimate of drug-likeness (QED) is 0.868. The average Bonchev–Trinajstić information content (AvgIpc) is 2.73. The summed E-state index contributed by atoms with van der Waals surface area (Å²) in [5.74, 6) is 0.196. The molecule has 1 amide bonds. The number of amides is 1. The highest BCUT2D eigenvalue weighted by atomic mass is 16.3. The molecular formula is C23H29N3O2. The van der Waals surface area contributed by atoms with Crippen molar-refractivity contribution in [1.29, 1.82) is 0 Å². The predicted molar refractivity (Wildman–Crippen MR) is 110 cm³/mol. The third-order valence-electron chi connectivity index (χ3n) is 6.18. The second kappa shape index (κ2) is 8.41. The van der Waals surface area contributed by atoms with Crippen LogP contribution in [0.4, 0.5) is 0 Å². The van der Waals surface area contributed by atoms with Gasteiger partial charge in [0.25, 0.3) is 0 Å². The normalized spacial score (nSPS) is 23.3. The molecule has 1 aromatic heterocycles. The number of aliphatic hydroxyl groups is 1. The van der Waals surface area contributed by atoms with Gasteiger partial charge in [-0.2, -0.15) is 0 Å². The molecule has 3 heterocycles. The van der Waals surface area contributed by atoms with Crippen molar-refractivity contribution in [2.75, 3.05) is 32.8 Å². The molecule has 0 bridgehead atoms. The molecular weight excluding hydrogens is 350 g/mol. The van der Waals surface area contributed by atoms with E-state index in [0.717, 1.165) is 43.9 Å². The fourth-order valence-corrected chi connectivity index (χ4v) is 4.78. The van der Waals surface area contributed by atoms with E-state index >= 15 is 0 Å². The van der Waals surface area contributed by atoms with Crippen molar-refractivity contribution in [2.45, 2.75) is 32.2 Å². The molecule has 0 aliphatic carbocycles. The summed E-state index contributed by atoms with van der Waals surface area (Å²) < 4.78 is 0. The number of β-amino-alcohol motifs (C(OH)–C–C–N with tert-alkyl or cyclic N) is 1. The number of hydrogen-bond acceptors (Lipinski definition) is 4. The summed E-state index contributed by atoms with van der Waals surface area (Å²) in [6.45, 7) is 4.39. The van der Waals surface area contributed by atoms with E-state index < -0.39 is 0 Å². The third kappa shape index (κ3) is 4.26. The van der Waals surface area contributed by atoms with E-state index in [9.17, 15) is 9.90 Å². The van der Waals surface area contributed by atoms with Crippen LogP contribution in [-0.2, 0) is 11.3 Å². The Balaban J connectivity index is 1.41. The van der Waals surface area contributed by atoms with Crippen LogP contribution in [0.25, 0.3) is 11.3 Å². The molecule has 1 aromatic carbocycles. The van der Waals surface area contributed by atoms with Crippen LogP contribution in [0, 0.1) is 5.41 Å². The summed E-state index contributed by atoms with van der Waals surface area (Å²) in [5.41, 5.74) is 3.65. The largest absolute Gasteiger partial charge is 0.395 e. The van der Waals surface area contributed by atoms with Gasteiger partial charge < -0.3 is 10.0 Å². The van der Waals surface area contributed by atoms with Crippen molar-refractivity contribution in [1.82, 2.24) is 14.8 Å². The number of benzene rings is 1. The van der Waals surface area contributed by atoms with Gasteiger partial charge in [0, 0.05) is 49.8 Å². The average molecular weight is 380 g/mol. The van der Waals surface area contributed by atoms with Crippen LogP contribution < -0.4 is 0 Å². The van der Waals surface area contributed by atoms with Crippen LogP contribution in [0.15, 0.2) is 48.7 Å². The van der Waals surface area contributed by atoms with E-state index in [4.69, 9.17) is 0 Å². The highest BCUT2D eigenvalue weighted by Gasteiger charge is 2.41. The molecule has 0 saturated carbocycles. The Morgan fingerprint density at radius 3 is 2.68 bits per heavy atom. The van der Waals surface area contributed by atoms with Crippen molar-refractivity contribution in [3.63, 3.8) is 0 Å². The van der Waals surface area contributed by atoms with E-state index in [0.29, 0.717) is 13.0 Å². The highest BCUT2D eigenvalue weighted by Crippen LogP contribution is 2.39. The van der Waals surface area contributed by atoms with Gasteiger partial charge in [0.15, 0.2) is 0 Å². The highest BCUT2D eigenvalue weighted by molar-refractivity contribution is 5.77. The summed E-state index contributed by atoms with van der Waals surface area (Å²) in [4.78, 5) is 21.0. The maximum atomic E-state index is 12.1. The van der Waals surface area contributed by atoms with E-state index in [1.54, 1.807) is 0 Å². The summed E-state index contributed by atoms with van der Waals surface area (Å²) in [6.07, 6.45) is 5.77. The molecule has 4 rings (SSSR count). The van der Waals surface area contributed by atoms with Gasteiger partial charge in [-0.25, -0.2) is 0 Å². The molecule has 2 fully saturated rings. The number of rotatable bonds is 5. The van der Waals surface area contributed by atoms with Gasteiger partial charge in [-0.15, -0.1) is 0 Å². The SMILES string of the molecule is O=C1CC[C@]2(CCCN(Cc3ccc(-c4ccccn4)cc3)C2)CN1CCO. The Morgan fingerprint density at radius 1 is 1.07 bits per heavy atom. The summed E-state index contributed by atoms with van der Waals surface area (Å²) in [7, 11) is 0. The lowest BCUT2D eigenvalue weighted by molar-refractivity contribution is -0.140. The minimum Gasteiger partial charge on any atom is -0.395 e. The monoisotopic (exact) mass is 379 g/mol. The van der Waals surface area contributed by atoms with E-state index in [1.165, 1.54) is 18.4 Å². The molecule has 0 radical (unpaired) electrons. The Bertz CT molecular complexity index is 793. The van der Waals surface area contributed by atoms with E-state index in [-0.39, 0.29) is 17.9 Å². The maximum Gasteiger partial charge on any atom is 0.222 e. The van der Waals surface area contributed by atoms with Crippen molar-refractivity contribution in [2.24, 2.45) is 5.41 Å². The minimum absolute atomic E-state index is 0.0498. The van der Waals surface area contributed by atoms with Crippen molar-refractivity contribution >= 4 is 5.91 Å². The smallest absolute Gasteiger partial charge is 0.222 e. The zero-order valence-electron chi connectivity index (χ0n) is 16.4. The molecule has 148 valence electrons. The van der Waals surface area contributed by atoms with Crippen LogP contribution in [-0.4, -0.2) is 58.6 Å². The van der Waals surface area contributed by atoms with Gasteiger partial charge in [0.1, 0.15) is 0 Å². The molecule has 2 saturated heterocycles. The zero-order chi connectivity index (χ0) is 19.4. The first kappa shape index (κ1) is 19.1. The Labute approximate surface area is 167 Å². The van der Waals surface area contributed by atoms with Crippen molar-refractivity contribution < 1.29 is 9.90 Å². The molecule has 2 aliphatic rings. The zero-order valence-corrected chi connectivity index (χ0v) is 16.4. The third-order valence-corrected chi connectivity index (χ3v) is 6.18. The lowest BCUT2D eigenvalue weighted by atomic mass is 9.73. The molecule has 5 nitrogen and oxygen atoms in total. The standard InChI is InChI=1S/C23H29N3O2/c27-15-14-26-18-23(11-9-22(26)28)10-3-13-25(17-23)16-19-5-7-20(8-6-19)21-4-1-2-12-24-21/h1-2,4-8,12,27H,3,9-11,13-18H2/t23-/m0/s1. The first-order chi connectivity index (χ1) is 13.7. The first-order valence-corrected chi connectivity index (χ1v) is 10.3. The fraction of sp³-hybridized carbons (Fsp3) is 0.478. The number of carbonyl (C=O) groups excluding carboxylic acids is 1. The second-order valence-electron chi connectivity index (χ2n) is 8.27. The van der Waals surface area contributed by atoms with Crippen molar-refractivity contribution in [3.8, 4) is 11.3 Å². The molecule has 1 spiro atoms. The van der Waals surface area contributed by atoms with Gasteiger partial charge in [-0.1, -0.05) is 30.3 Å².